The Kier molecular flexibility index (Phi) is 8.82. The second-order valence-corrected chi connectivity index (χ2v) is 9.43. The number of aromatic nitrogens is 4. The highest BCUT2D eigenvalue weighted by atomic mass is 19.1. The van der Waals surface area contributed by atoms with Crippen molar-refractivity contribution in [1.29, 1.82) is 0 Å². The van der Waals surface area contributed by atoms with Crippen molar-refractivity contribution < 1.29 is 24.2 Å². The Balaban J connectivity index is 0.000000505. The van der Waals surface area contributed by atoms with Crippen LogP contribution in [0.5, 0.6) is 0 Å². The van der Waals surface area contributed by atoms with Crippen molar-refractivity contribution >= 4 is 22.8 Å². The highest BCUT2D eigenvalue weighted by Gasteiger charge is 2.25. The van der Waals surface area contributed by atoms with Crippen molar-refractivity contribution in [3.8, 4) is 0 Å². The molecule has 2 aromatic carbocycles. The molecule has 0 saturated carbocycles. The molecule has 0 aliphatic carbocycles. The molecular formula is C27H31FN6O4. The van der Waals surface area contributed by atoms with Crippen LogP contribution in [0.2, 0.25) is 0 Å². The van der Waals surface area contributed by atoms with Crippen LogP contribution in [0, 0.1) is 5.82 Å². The quantitative estimate of drug-likeness (QED) is 0.302. The van der Waals surface area contributed by atoms with E-state index in [0.29, 0.717) is 6.04 Å². The fraction of sp³-hybridized carbons (Fsp3) is 0.333. The maximum Gasteiger partial charge on any atom is 0.414 e. The minimum atomic E-state index is -1.82. The third-order valence-corrected chi connectivity index (χ3v) is 6.75. The molecule has 0 unspecified atom stereocenters. The number of likely N-dealkylation sites (tertiary alicyclic amines) is 1. The van der Waals surface area contributed by atoms with Crippen LogP contribution in [0.3, 0.4) is 0 Å². The molecule has 1 aliphatic rings. The van der Waals surface area contributed by atoms with E-state index in [-0.39, 0.29) is 5.82 Å². The van der Waals surface area contributed by atoms with Crippen LogP contribution in [0.1, 0.15) is 23.1 Å². The average molecular weight is 523 g/mol. The molecule has 1 fully saturated rings. The van der Waals surface area contributed by atoms with E-state index in [1.54, 1.807) is 24.8 Å². The molecule has 1 saturated heterocycles. The highest BCUT2D eigenvalue weighted by Crippen LogP contribution is 2.22. The summed E-state index contributed by atoms with van der Waals surface area (Å²) in [6.45, 7) is 4.79. The minimum absolute atomic E-state index is 0.171. The van der Waals surface area contributed by atoms with Gasteiger partial charge in [0.2, 0.25) is 0 Å². The Morgan fingerprint density at radius 3 is 2.53 bits per heavy atom. The second-order valence-electron chi connectivity index (χ2n) is 9.43. The molecule has 0 spiro atoms. The van der Waals surface area contributed by atoms with Gasteiger partial charge in [0.05, 0.1) is 6.54 Å². The van der Waals surface area contributed by atoms with E-state index in [1.165, 1.54) is 34.0 Å². The first-order chi connectivity index (χ1) is 18.3. The van der Waals surface area contributed by atoms with Crippen molar-refractivity contribution in [1.82, 2.24) is 29.5 Å². The number of rotatable bonds is 8. The van der Waals surface area contributed by atoms with Gasteiger partial charge in [0.1, 0.15) is 18.5 Å². The molecule has 10 nitrogen and oxygen atoms in total. The summed E-state index contributed by atoms with van der Waals surface area (Å²) < 4.78 is 15.0. The first-order valence-electron chi connectivity index (χ1n) is 12.3. The fourth-order valence-corrected chi connectivity index (χ4v) is 4.68. The molecule has 0 radical (unpaired) electrons. The van der Waals surface area contributed by atoms with Crippen LogP contribution in [-0.4, -0.2) is 84.4 Å². The Hall–Kier alpha value is -4.09. The van der Waals surface area contributed by atoms with Crippen LogP contribution >= 0.6 is 0 Å². The van der Waals surface area contributed by atoms with Crippen LogP contribution < -0.4 is 0 Å². The van der Waals surface area contributed by atoms with E-state index in [2.05, 4.69) is 56.3 Å². The van der Waals surface area contributed by atoms with Crippen LogP contribution in [0.15, 0.2) is 61.3 Å². The number of aromatic amines is 1. The van der Waals surface area contributed by atoms with Gasteiger partial charge in [-0.3, -0.25) is 4.90 Å². The topological polar surface area (TPSA) is 128 Å². The van der Waals surface area contributed by atoms with Crippen LogP contribution in [0.25, 0.3) is 10.9 Å². The molecule has 4 aromatic rings. The smallest absolute Gasteiger partial charge is 0.414 e. The molecule has 0 amide bonds. The number of carboxylic acids is 2. The van der Waals surface area contributed by atoms with E-state index >= 15 is 0 Å². The fourth-order valence-electron chi connectivity index (χ4n) is 4.68. The number of benzene rings is 2. The number of carboxylic acid groups (broad SMARTS) is 2. The molecule has 1 aliphatic heterocycles. The Morgan fingerprint density at radius 2 is 1.84 bits per heavy atom. The molecule has 3 heterocycles. The number of H-pyrrole nitrogens is 1. The SMILES string of the molecule is CN(CCc1c[nH]c2ccc(Cn3cncn3)cc12)[C@@H]1CCN(Cc2ccc(F)cc2)C1.O=C(O)C(=O)O. The first-order valence-corrected chi connectivity index (χ1v) is 12.3. The summed E-state index contributed by atoms with van der Waals surface area (Å²) in [6, 6.07) is 14.0. The number of hydrogen-bond acceptors (Lipinski definition) is 6. The molecule has 200 valence electrons. The predicted molar refractivity (Wildman–Crippen MR) is 139 cm³/mol. The zero-order chi connectivity index (χ0) is 27.1. The lowest BCUT2D eigenvalue weighted by molar-refractivity contribution is -0.159. The molecular weight excluding hydrogens is 491 g/mol. The van der Waals surface area contributed by atoms with Gasteiger partial charge >= 0.3 is 11.9 Å². The largest absolute Gasteiger partial charge is 0.473 e. The summed E-state index contributed by atoms with van der Waals surface area (Å²) in [5.41, 5.74) is 4.93. The lowest BCUT2D eigenvalue weighted by Crippen LogP contribution is -2.35. The standard InChI is InChI=1S/C25H29FN6.C2H2O4/c1-30(23-9-11-31(16-23)14-19-2-5-22(26)6-3-19)10-8-21-13-28-25-7-4-20(12-24(21)25)15-32-18-27-17-29-32;3-1(4)2(5)6/h2-7,12-13,17-18,23,28H,8-11,14-16H2,1H3;(H,3,4)(H,5,6)/t23-;/m1./s1. The number of nitrogens with zero attached hydrogens (tertiary/aromatic N) is 5. The number of nitrogens with one attached hydrogen (secondary N) is 1. The number of carbonyl (C=O) groups is 2. The van der Waals surface area contributed by atoms with Gasteiger partial charge in [-0.25, -0.2) is 23.6 Å². The molecule has 5 rings (SSSR count). The summed E-state index contributed by atoms with van der Waals surface area (Å²) in [4.78, 5) is 30.6. The van der Waals surface area contributed by atoms with Crippen molar-refractivity contribution in [2.75, 3.05) is 26.7 Å². The highest BCUT2D eigenvalue weighted by molar-refractivity contribution is 6.27. The van der Waals surface area contributed by atoms with Crippen molar-refractivity contribution in [2.45, 2.75) is 32.0 Å². The van der Waals surface area contributed by atoms with E-state index in [1.807, 2.05) is 16.8 Å². The number of hydrogen-bond donors (Lipinski definition) is 3. The number of aliphatic carboxylic acids is 2. The molecule has 3 N–H and O–H groups in total. The van der Waals surface area contributed by atoms with Gasteiger partial charge in [-0.15, -0.1) is 0 Å². The lowest BCUT2D eigenvalue weighted by atomic mass is 10.1. The van der Waals surface area contributed by atoms with Gasteiger partial charge in [-0.1, -0.05) is 18.2 Å². The zero-order valence-electron chi connectivity index (χ0n) is 21.1. The summed E-state index contributed by atoms with van der Waals surface area (Å²) in [5.74, 6) is -3.82. The van der Waals surface area contributed by atoms with Gasteiger partial charge in [-0.2, -0.15) is 5.10 Å². The van der Waals surface area contributed by atoms with Gasteiger partial charge in [0, 0.05) is 49.3 Å². The average Bonchev–Trinajstić information content (AvgIpc) is 3.66. The van der Waals surface area contributed by atoms with E-state index < -0.39 is 11.9 Å². The summed E-state index contributed by atoms with van der Waals surface area (Å²) >= 11 is 0. The maximum atomic E-state index is 13.1. The number of fused-ring (bicyclic) bond motifs is 1. The monoisotopic (exact) mass is 522 g/mol. The van der Waals surface area contributed by atoms with Crippen molar-refractivity contribution in [3.63, 3.8) is 0 Å². The second kappa shape index (κ2) is 12.4. The summed E-state index contributed by atoms with van der Waals surface area (Å²) in [7, 11) is 2.23. The number of halogens is 1. The van der Waals surface area contributed by atoms with Crippen molar-refractivity contribution in [3.05, 3.63) is 83.8 Å². The normalized spacial score (nSPS) is 15.5. The first kappa shape index (κ1) is 27.0. The Labute approximate surface area is 219 Å². The zero-order valence-corrected chi connectivity index (χ0v) is 21.1. The molecule has 38 heavy (non-hydrogen) atoms. The predicted octanol–water partition coefficient (Wildman–Crippen LogP) is 2.85. The summed E-state index contributed by atoms with van der Waals surface area (Å²) in [5, 5.41) is 20.3. The Morgan fingerprint density at radius 1 is 1.11 bits per heavy atom. The number of likely N-dealkylation sites (N-methyl/N-ethyl adjacent to an activating group) is 1. The maximum absolute atomic E-state index is 13.1. The molecule has 1 atom stereocenters. The van der Waals surface area contributed by atoms with Crippen molar-refractivity contribution in [2.24, 2.45) is 0 Å². The summed E-state index contributed by atoms with van der Waals surface area (Å²) in [6.07, 6.45) is 7.65. The Bertz CT molecular complexity index is 1340. The van der Waals surface area contributed by atoms with Gasteiger partial charge in [-0.05, 0) is 60.8 Å². The van der Waals surface area contributed by atoms with Crippen LogP contribution in [0.4, 0.5) is 4.39 Å². The molecule has 0 bridgehead atoms. The van der Waals surface area contributed by atoms with E-state index in [9.17, 15) is 4.39 Å². The minimum Gasteiger partial charge on any atom is -0.473 e. The third-order valence-electron chi connectivity index (χ3n) is 6.75. The van der Waals surface area contributed by atoms with Crippen LogP contribution in [-0.2, 0) is 29.1 Å². The van der Waals surface area contributed by atoms with Gasteiger partial charge < -0.3 is 20.1 Å². The lowest BCUT2D eigenvalue weighted by Gasteiger charge is -2.24. The molecule has 2 aromatic heterocycles. The van der Waals surface area contributed by atoms with Gasteiger partial charge in [0.15, 0.2) is 0 Å². The van der Waals surface area contributed by atoms with E-state index in [4.69, 9.17) is 19.8 Å². The molecule has 11 heteroatoms. The van der Waals surface area contributed by atoms with Gasteiger partial charge in [0.25, 0.3) is 0 Å². The van der Waals surface area contributed by atoms with E-state index in [0.717, 1.165) is 39.1 Å². The third kappa shape index (κ3) is 7.24.